The van der Waals surface area contributed by atoms with Crippen LogP contribution in [-0.2, 0) is 0 Å². The van der Waals surface area contributed by atoms with Gasteiger partial charge in [0.1, 0.15) is 0 Å². The molecule has 1 nitrogen and oxygen atoms in total. The molecule has 0 radical (unpaired) electrons. The monoisotopic (exact) mass is 264 g/mol. The van der Waals surface area contributed by atoms with Gasteiger partial charge in [-0.2, -0.15) is 0 Å². The highest BCUT2D eigenvalue weighted by molar-refractivity contribution is 5.27. The van der Waals surface area contributed by atoms with Gasteiger partial charge in [-0.1, -0.05) is 51.5 Å². The fourth-order valence-corrected chi connectivity index (χ4v) is 3.47. The van der Waals surface area contributed by atoms with E-state index in [9.17, 15) is 0 Å². The summed E-state index contributed by atoms with van der Waals surface area (Å²) in [5.74, 6) is 1.52. The zero-order chi connectivity index (χ0) is 14.7. The molecule has 1 aliphatic rings. The topological polar surface area (TPSA) is 0 Å². The Morgan fingerprint density at radius 1 is 1.11 bits per heavy atom. The van der Waals surface area contributed by atoms with Gasteiger partial charge in [0.15, 0.2) is 0 Å². The standard InChI is InChI=1S/C18H34N/c1-15(2)12-17-8-10-18(11-9-17,13-16(3)4)14-19(5,6)7/h8-10,15-16H,11-14H2,1-7H3/q+1. The van der Waals surface area contributed by atoms with Crippen LogP contribution in [0, 0.1) is 17.3 Å². The van der Waals surface area contributed by atoms with E-state index in [1.165, 1.54) is 31.4 Å². The summed E-state index contributed by atoms with van der Waals surface area (Å²) < 4.78 is 1.05. The van der Waals surface area contributed by atoms with Crippen LogP contribution in [0.4, 0.5) is 0 Å². The zero-order valence-corrected chi connectivity index (χ0v) is 14.2. The number of hydrogen-bond donors (Lipinski definition) is 0. The Morgan fingerprint density at radius 2 is 1.74 bits per heavy atom. The minimum absolute atomic E-state index is 0.368. The summed E-state index contributed by atoms with van der Waals surface area (Å²) in [4.78, 5) is 0. The van der Waals surface area contributed by atoms with Gasteiger partial charge < -0.3 is 4.48 Å². The van der Waals surface area contributed by atoms with Gasteiger partial charge in [0.05, 0.1) is 27.7 Å². The molecule has 0 aromatic heterocycles. The van der Waals surface area contributed by atoms with Crippen molar-refractivity contribution in [2.75, 3.05) is 27.7 Å². The van der Waals surface area contributed by atoms with Crippen LogP contribution in [0.5, 0.6) is 0 Å². The summed E-state index contributed by atoms with van der Waals surface area (Å²) in [5, 5.41) is 0. The van der Waals surface area contributed by atoms with Crippen LogP contribution >= 0.6 is 0 Å². The molecule has 0 fully saturated rings. The number of quaternary nitrogens is 1. The van der Waals surface area contributed by atoms with E-state index >= 15 is 0 Å². The van der Waals surface area contributed by atoms with Crippen molar-refractivity contribution >= 4 is 0 Å². The molecule has 1 rings (SSSR count). The van der Waals surface area contributed by atoms with Crippen molar-refractivity contribution in [3.05, 3.63) is 23.8 Å². The van der Waals surface area contributed by atoms with Crippen molar-refractivity contribution < 1.29 is 4.48 Å². The number of hydrogen-bond acceptors (Lipinski definition) is 0. The van der Waals surface area contributed by atoms with E-state index in [1.54, 1.807) is 0 Å². The van der Waals surface area contributed by atoms with Crippen LogP contribution in [0.3, 0.4) is 0 Å². The summed E-state index contributed by atoms with van der Waals surface area (Å²) in [6.45, 7) is 10.5. The average Bonchev–Trinajstić information content (AvgIpc) is 2.17. The summed E-state index contributed by atoms with van der Waals surface area (Å²) >= 11 is 0. The SMILES string of the molecule is CC(C)CC1=CCC(CC(C)C)(C[N+](C)(C)C)C=C1. The lowest BCUT2D eigenvalue weighted by molar-refractivity contribution is -0.876. The lowest BCUT2D eigenvalue weighted by Gasteiger charge is -2.39. The molecule has 1 aliphatic carbocycles. The van der Waals surface area contributed by atoms with Crippen LogP contribution < -0.4 is 0 Å². The predicted octanol–water partition coefficient (Wildman–Crippen LogP) is 4.66. The largest absolute Gasteiger partial charge is 0.330 e. The van der Waals surface area contributed by atoms with Gasteiger partial charge in [-0.05, 0) is 31.1 Å². The third-order valence-electron chi connectivity index (χ3n) is 3.67. The summed E-state index contributed by atoms with van der Waals surface area (Å²) in [7, 11) is 6.93. The fraction of sp³-hybridized carbons (Fsp3) is 0.778. The Bertz CT molecular complexity index is 341. The first kappa shape index (κ1) is 16.5. The lowest BCUT2D eigenvalue weighted by atomic mass is 9.73. The Hall–Kier alpha value is -0.560. The molecule has 0 saturated heterocycles. The van der Waals surface area contributed by atoms with Crippen LogP contribution in [0.1, 0.15) is 47.0 Å². The predicted molar refractivity (Wildman–Crippen MR) is 86.1 cm³/mol. The van der Waals surface area contributed by atoms with Crippen LogP contribution in [0.2, 0.25) is 0 Å². The fourth-order valence-electron chi connectivity index (χ4n) is 3.47. The quantitative estimate of drug-likeness (QED) is 0.612. The van der Waals surface area contributed by atoms with Crippen molar-refractivity contribution in [2.24, 2.45) is 17.3 Å². The second kappa shape index (κ2) is 6.26. The molecule has 1 unspecified atom stereocenters. The molecule has 0 spiro atoms. The summed E-state index contributed by atoms with van der Waals surface area (Å²) in [5.41, 5.74) is 1.91. The highest BCUT2D eigenvalue weighted by atomic mass is 15.3. The van der Waals surface area contributed by atoms with E-state index in [-0.39, 0.29) is 0 Å². The van der Waals surface area contributed by atoms with Gasteiger partial charge in [0.25, 0.3) is 0 Å². The maximum Gasteiger partial charge on any atom is 0.0875 e. The van der Waals surface area contributed by atoms with E-state index in [0.29, 0.717) is 5.41 Å². The second-order valence-corrected chi connectivity index (χ2v) is 8.32. The minimum Gasteiger partial charge on any atom is -0.330 e. The van der Waals surface area contributed by atoms with Gasteiger partial charge in [-0.25, -0.2) is 0 Å². The molecule has 0 heterocycles. The first-order valence-electron chi connectivity index (χ1n) is 7.81. The molecule has 0 aromatic rings. The van der Waals surface area contributed by atoms with Crippen molar-refractivity contribution in [3.63, 3.8) is 0 Å². The van der Waals surface area contributed by atoms with E-state index in [4.69, 9.17) is 0 Å². The Kier molecular flexibility index (Phi) is 5.43. The van der Waals surface area contributed by atoms with Crippen LogP contribution in [0.25, 0.3) is 0 Å². The molecule has 0 bridgehead atoms. The second-order valence-electron chi connectivity index (χ2n) is 8.32. The van der Waals surface area contributed by atoms with E-state index in [0.717, 1.165) is 16.3 Å². The minimum atomic E-state index is 0.368. The average molecular weight is 264 g/mol. The van der Waals surface area contributed by atoms with E-state index < -0.39 is 0 Å². The molecular weight excluding hydrogens is 230 g/mol. The number of allylic oxidation sites excluding steroid dienone is 3. The lowest BCUT2D eigenvalue weighted by Crippen LogP contribution is -2.45. The smallest absolute Gasteiger partial charge is 0.0875 e. The normalized spacial score (nSPS) is 24.2. The molecule has 0 aromatic carbocycles. The molecule has 0 saturated carbocycles. The number of nitrogens with zero attached hydrogens (tertiary/aromatic N) is 1. The molecule has 0 N–H and O–H groups in total. The zero-order valence-electron chi connectivity index (χ0n) is 14.2. The Morgan fingerprint density at radius 3 is 2.11 bits per heavy atom. The van der Waals surface area contributed by atoms with Crippen molar-refractivity contribution in [3.8, 4) is 0 Å². The molecule has 110 valence electrons. The van der Waals surface area contributed by atoms with E-state index in [1.807, 2.05) is 0 Å². The number of rotatable bonds is 6. The Labute approximate surface area is 121 Å². The van der Waals surface area contributed by atoms with Crippen LogP contribution in [0.15, 0.2) is 23.8 Å². The highest BCUT2D eigenvalue weighted by Crippen LogP contribution is 2.38. The maximum absolute atomic E-state index is 2.52. The van der Waals surface area contributed by atoms with Crippen molar-refractivity contribution in [2.45, 2.75) is 47.0 Å². The third-order valence-corrected chi connectivity index (χ3v) is 3.67. The summed E-state index contributed by atoms with van der Waals surface area (Å²) in [6.07, 6.45) is 11.2. The molecule has 19 heavy (non-hydrogen) atoms. The van der Waals surface area contributed by atoms with Gasteiger partial charge in [-0.3, -0.25) is 0 Å². The van der Waals surface area contributed by atoms with Gasteiger partial charge in [0.2, 0.25) is 0 Å². The molecule has 0 aliphatic heterocycles. The van der Waals surface area contributed by atoms with Gasteiger partial charge in [-0.15, -0.1) is 0 Å². The molecular formula is C18H34N+. The first-order chi connectivity index (χ1) is 8.62. The van der Waals surface area contributed by atoms with Gasteiger partial charge in [0, 0.05) is 5.41 Å². The van der Waals surface area contributed by atoms with Crippen molar-refractivity contribution in [1.82, 2.24) is 0 Å². The molecule has 0 amide bonds. The third kappa shape index (κ3) is 5.95. The maximum atomic E-state index is 2.52. The molecule has 1 atom stereocenters. The Balaban J connectivity index is 2.81. The van der Waals surface area contributed by atoms with Crippen molar-refractivity contribution in [1.29, 1.82) is 0 Å². The highest BCUT2D eigenvalue weighted by Gasteiger charge is 2.34. The molecule has 1 heteroatoms. The van der Waals surface area contributed by atoms with E-state index in [2.05, 4.69) is 67.1 Å². The van der Waals surface area contributed by atoms with Crippen LogP contribution in [-0.4, -0.2) is 32.2 Å². The summed E-state index contributed by atoms with van der Waals surface area (Å²) in [6, 6.07) is 0. The van der Waals surface area contributed by atoms with Gasteiger partial charge >= 0.3 is 0 Å². The first-order valence-corrected chi connectivity index (χ1v) is 7.81.